The van der Waals surface area contributed by atoms with Crippen molar-refractivity contribution in [1.82, 2.24) is 4.98 Å². The van der Waals surface area contributed by atoms with E-state index >= 15 is 0 Å². The van der Waals surface area contributed by atoms with Gasteiger partial charge in [0.15, 0.2) is 0 Å². The Morgan fingerprint density at radius 2 is 2.06 bits per heavy atom. The summed E-state index contributed by atoms with van der Waals surface area (Å²) in [5.41, 5.74) is 1.70. The Kier molecular flexibility index (Phi) is 2.82. The van der Waals surface area contributed by atoms with Gasteiger partial charge in [0.2, 0.25) is 0 Å². The lowest BCUT2D eigenvalue weighted by atomic mass is 10.1. The fraction of sp³-hybridized carbons (Fsp3) is 0.308. The zero-order valence-electron chi connectivity index (χ0n) is 9.37. The van der Waals surface area contributed by atoms with E-state index in [1.54, 1.807) is 6.07 Å². The van der Waals surface area contributed by atoms with Gasteiger partial charge in [0.25, 0.3) is 0 Å². The number of halogens is 3. The Balaban J connectivity index is 2.05. The van der Waals surface area contributed by atoms with Crippen molar-refractivity contribution in [2.75, 3.05) is 0 Å². The van der Waals surface area contributed by atoms with Crippen molar-refractivity contribution in [3.05, 3.63) is 35.0 Å². The molecule has 5 heteroatoms. The molecule has 0 atom stereocenters. The first kappa shape index (κ1) is 11.7. The molecule has 1 aromatic heterocycles. The molecule has 94 valence electrons. The van der Waals surface area contributed by atoms with Gasteiger partial charge in [-0.2, -0.15) is 8.78 Å². The van der Waals surface area contributed by atoms with Crippen molar-refractivity contribution < 1.29 is 13.5 Å². The van der Waals surface area contributed by atoms with Crippen LogP contribution in [0.5, 0.6) is 5.75 Å². The predicted molar refractivity (Wildman–Crippen MR) is 65.4 cm³/mol. The van der Waals surface area contributed by atoms with Crippen LogP contribution in [0.3, 0.4) is 0 Å². The number of nitrogens with zero attached hydrogens (tertiary/aromatic N) is 1. The lowest BCUT2D eigenvalue weighted by Crippen LogP contribution is -2.01. The van der Waals surface area contributed by atoms with Gasteiger partial charge in [-0.3, -0.25) is 4.98 Å². The summed E-state index contributed by atoms with van der Waals surface area (Å²) in [5.74, 6) is 0.601. The fourth-order valence-corrected chi connectivity index (χ4v) is 2.21. The minimum absolute atomic E-state index is 0.0976. The number of alkyl halides is 2. The third-order valence-electron chi connectivity index (χ3n) is 2.97. The Morgan fingerprint density at radius 1 is 1.28 bits per heavy atom. The maximum absolute atomic E-state index is 12.1. The minimum atomic E-state index is -2.83. The quantitative estimate of drug-likeness (QED) is 0.825. The number of pyridine rings is 1. The van der Waals surface area contributed by atoms with Crippen LogP contribution >= 0.6 is 11.6 Å². The fourth-order valence-electron chi connectivity index (χ4n) is 1.95. The van der Waals surface area contributed by atoms with Gasteiger partial charge in [0.05, 0.1) is 10.5 Å². The maximum atomic E-state index is 12.1. The van der Waals surface area contributed by atoms with E-state index in [4.69, 9.17) is 11.6 Å². The lowest BCUT2D eigenvalue weighted by Gasteiger charge is -2.08. The molecule has 0 amide bonds. The van der Waals surface area contributed by atoms with Crippen LogP contribution in [0.15, 0.2) is 24.3 Å². The molecule has 3 rings (SSSR count). The van der Waals surface area contributed by atoms with Crippen LogP contribution < -0.4 is 4.74 Å². The maximum Gasteiger partial charge on any atom is 0.387 e. The average molecular weight is 270 g/mol. The van der Waals surface area contributed by atoms with Crippen LogP contribution in [-0.2, 0) is 0 Å². The van der Waals surface area contributed by atoms with E-state index in [0.717, 1.165) is 18.5 Å². The third-order valence-corrected chi connectivity index (χ3v) is 3.28. The molecular formula is C13H10ClF2NO. The summed E-state index contributed by atoms with van der Waals surface area (Å²) in [6, 6.07) is 6.44. The number of aromatic nitrogens is 1. The first-order valence-corrected chi connectivity index (χ1v) is 6.06. The highest BCUT2D eigenvalue weighted by Gasteiger charge is 2.25. The van der Waals surface area contributed by atoms with Crippen LogP contribution in [0.4, 0.5) is 8.78 Å². The smallest absolute Gasteiger partial charge is 0.387 e. The molecule has 0 radical (unpaired) electrons. The van der Waals surface area contributed by atoms with E-state index in [-0.39, 0.29) is 5.75 Å². The number of rotatable bonds is 3. The zero-order chi connectivity index (χ0) is 12.7. The molecule has 1 heterocycles. The second-order valence-electron chi connectivity index (χ2n) is 4.36. The number of hydrogen-bond donors (Lipinski definition) is 0. The molecule has 1 aliphatic rings. The van der Waals surface area contributed by atoms with Crippen molar-refractivity contribution in [2.24, 2.45) is 0 Å². The number of hydrogen-bond acceptors (Lipinski definition) is 2. The molecular weight excluding hydrogens is 260 g/mol. The highest BCUT2D eigenvalue weighted by atomic mass is 35.5. The van der Waals surface area contributed by atoms with Crippen molar-refractivity contribution in [1.29, 1.82) is 0 Å². The van der Waals surface area contributed by atoms with Gasteiger partial charge in [-0.05, 0) is 37.1 Å². The topological polar surface area (TPSA) is 22.1 Å². The summed E-state index contributed by atoms with van der Waals surface area (Å²) in [6.07, 6.45) is 2.28. The Labute approximate surface area is 108 Å². The minimum Gasteiger partial charge on any atom is -0.435 e. The molecule has 0 N–H and O–H groups in total. The summed E-state index contributed by atoms with van der Waals surface area (Å²) < 4.78 is 28.6. The molecule has 0 aliphatic heterocycles. The van der Waals surface area contributed by atoms with E-state index in [1.165, 1.54) is 12.1 Å². The van der Waals surface area contributed by atoms with Gasteiger partial charge in [-0.15, -0.1) is 0 Å². The first-order chi connectivity index (χ1) is 8.63. The Hall–Kier alpha value is -1.42. The lowest BCUT2D eigenvalue weighted by molar-refractivity contribution is -0.0497. The van der Waals surface area contributed by atoms with E-state index in [1.807, 2.05) is 6.07 Å². The van der Waals surface area contributed by atoms with E-state index in [9.17, 15) is 8.78 Å². The van der Waals surface area contributed by atoms with Crippen molar-refractivity contribution in [3.63, 3.8) is 0 Å². The van der Waals surface area contributed by atoms with Crippen LogP contribution in [-0.4, -0.2) is 11.6 Å². The van der Waals surface area contributed by atoms with Crippen LogP contribution in [0.2, 0.25) is 5.02 Å². The van der Waals surface area contributed by atoms with Gasteiger partial charge in [0, 0.05) is 17.0 Å². The normalized spacial score (nSPS) is 15.3. The highest BCUT2D eigenvalue weighted by Crippen LogP contribution is 2.41. The third kappa shape index (κ3) is 2.25. The second-order valence-corrected chi connectivity index (χ2v) is 4.77. The standard InChI is InChI=1S/C13H10ClF2NO/c14-10-6-12(7-1-2-7)17-11-4-3-8(5-9(10)11)18-13(15)16/h3-7,13H,1-2H2. The summed E-state index contributed by atoms with van der Waals surface area (Å²) in [7, 11) is 0. The van der Waals surface area contributed by atoms with Crippen LogP contribution in [0.25, 0.3) is 10.9 Å². The van der Waals surface area contributed by atoms with Gasteiger partial charge >= 0.3 is 6.61 Å². The summed E-state index contributed by atoms with van der Waals surface area (Å²) in [4.78, 5) is 4.49. The van der Waals surface area contributed by atoms with Gasteiger partial charge in [-0.1, -0.05) is 11.6 Å². The van der Waals surface area contributed by atoms with Gasteiger partial charge < -0.3 is 4.74 Å². The second kappa shape index (κ2) is 4.35. The zero-order valence-corrected chi connectivity index (χ0v) is 10.1. The average Bonchev–Trinajstić information content (AvgIpc) is 3.12. The largest absolute Gasteiger partial charge is 0.435 e. The molecule has 1 aromatic carbocycles. The van der Waals surface area contributed by atoms with Crippen LogP contribution in [0.1, 0.15) is 24.5 Å². The molecule has 0 bridgehead atoms. The Morgan fingerprint density at radius 3 is 2.72 bits per heavy atom. The molecule has 1 fully saturated rings. The number of ether oxygens (including phenoxy) is 1. The molecule has 1 saturated carbocycles. The Bertz CT molecular complexity index is 599. The number of fused-ring (bicyclic) bond motifs is 1. The number of benzene rings is 1. The summed E-state index contributed by atoms with van der Waals surface area (Å²) >= 11 is 6.16. The van der Waals surface area contributed by atoms with Crippen molar-refractivity contribution in [3.8, 4) is 5.75 Å². The molecule has 18 heavy (non-hydrogen) atoms. The molecule has 0 saturated heterocycles. The molecule has 0 unspecified atom stereocenters. The molecule has 1 aliphatic carbocycles. The van der Waals surface area contributed by atoms with Crippen molar-refractivity contribution in [2.45, 2.75) is 25.4 Å². The highest BCUT2D eigenvalue weighted by molar-refractivity contribution is 6.35. The van der Waals surface area contributed by atoms with Crippen LogP contribution in [0, 0.1) is 0 Å². The van der Waals surface area contributed by atoms with Crippen molar-refractivity contribution >= 4 is 22.5 Å². The van der Waals surface area contributed by atoms with Gasteiger partial charge in [0.1, 0.15) is 5.75 Å². The molecule has 2 nitrogen and oxygen atoms in total. The van der Waals surface area contributed by atoms with Gasteiger partial charge in [-0.25, -0.2) is 0 Å². The summed E-state index contributed by atoms with van der Waals surface area (Å²) in [6.45, 7) is -2.83. The predicted octanol–water partition coefficient (Wildman–Crippen LogP) is 4.37. The first-order valence-electron chi connectivity index (χ1n) is 5.68. The monoisotopic (exact) mass is 269 g/mol. The summed E-state index contributed by atoms with van der Waals surface area (Å²) in [5, 5.41) is 1.17. The SMILES string of the molecule is FC(F)Oc1ccc2nc(C3CC3)cc(Cl)c2c1. The molecule has 2 aromatic rings. The van der Waals surface area contributed by atoms with E-state index in [2.05, 4.69) is 9.72 Å². The molecule has 0 spiro atoms. The van der Waals surface area contributed by atoms with E-state index in [0.29, 0.717) is 21.8 Å². The van der Waals surface area contributed by atoms with E-state index < -0.39 is 6.61 Å².